The predicted octanol–water partition coefficient (Wildman–Crippen LogP) is 0.349. The number of imide groups is 1. The summed E-state index contributed by atoms with van der Waals surface area (Å²) >= 11 is 0. The maximum Gasteiger partial charge on any atom is 0.256 e. The van der Waals surface area contributed by atoms with Crippen molar-refractivity contribution in [2.45, 2.75) is 13.3 Å². The third-order valence-corrected chi connectivity index (χ3v) is 3.01. The number of hydrogen-bond acceptors (Lipinski definition) is 6. The van der Waals surface area contributed by atoms with Crippen molar-refractivity contribution in [3.8, 4) is 12.5 Å². The largest absolute Gasteiger partial charge is 0.444 e. The number of rotatable bonds is 13. The van der Waals surface area contributed by atoms with Crippen LogP contribution in [0.5, 0.6) is 0 Å². The Morgan fingerprint density at radius 3 is 2.22 bits per heavy atom. The molecule has 0 aromatic heterocycles. The summed E-state index contributed by atoms with van der Waals surface area (Å²) in [5.41, 5.74) is 0.469. The standard InChI is InChI=1S/C16H23NO6/c1-3-20-9-10-23-12-11-22-7-4-6-21-8-5-17-15(18)13-14(2)16(17)19/h1,13H,4-12H2,2H3. The van der Waals surface area contributed by atoms with Crippen molar-refractivity contribution >= 4 is 11.8 Å². The van der Waals surface area contributed by atoms with Crippen LogP contribution in [-0.2, 0) is 28.5 Å². The molecule has 0 unspecified atom stereocenters. The molecule has 0 aromatic rings. The molecule has 0 spiro atoms. The monoisotopic (exact) mass is 325 g/mol. The highest BCUT2D eigenvalue weighted by molar-refractivity contribution is 6.15. The third kappa shape index (κ3) is 7.79. The van der Waals surface area contributed by atoms with Gasteiger partial charge in [-0.05, 0) is 13.3 Å². The van der Waals surface area contributed by atoms with Crippen LogP contribution in [0, 0.1) is 12.5 Å². The van der Waals surface area contributed by atoms with E-state index in [0.29, 0.717) is 51.8 Å². The molecule has 0 fully saturated rings. The van der Waals surface area contributed by atoms with Crippen LogP contribution in [0.4, 0.5) is 0 Å². The van der Waals surface area contributed by atoms with Crippen LogP contribution in [0.15, 0.2) is 11.6 Å². The summed E-state index contributed by atoms with van der Waals surface area (Å²) in [5, 5.41) is 0. The Bertz CT molecular complexity index is 454. The van der Waals surface area contributed by atoms with Gasteiger partial charge in [0.15, 0.2) is 0 Å². The van der Waals surface area contributed by atoms with Crippen LogP contribution >= 0.6 is 0 Å². The highest BCUT2D eigenvalue weighted by Gasteiger charge is 2.27. The second kappa shape index (κ2) is 11.7. The normalized spacial score (nSPS) is 14.1. The SMILES string of the molecule is C#COCCOCCOCCCOCCN1C(=O)C=C(C)C1=O. The van der Waals surface area contributed by atoms with Gasteiger partial charge >= 0.3 is 0 Å². The molecule has 7 nitrogen and oxygen atoms in total. The predicted molar refractivity (Wildman–Crippen MR) is 82.3 cm³/mol. The fourth-order valence-corrected chi connectivity index (χ4v) is 1.85. The molecule has 128 valence electrons. The van der Waals surface area contributed by atoms with Crippen LogP contribution in [0.25, 0.3) is 0 Å². The van der Waals surface area contributed by atoms with E-state index in [1.807, 2.05) is 0 Å². The number of carbonyl (C=O) groups is 2. The molecule has 1 aliphatic rings. The lowest BCUT2D eigenvalue weighted by Gasteiger charge is -2.14. The molecule has 0 saturated carbocycles. The number of hydrogen-bond donors (Lipinski definition) is 0. The molecule has 0 saturated heterocycles. The second-order valence-electron chi connectivity index (χ2n) is 4.78. The fraction of sp³-hybridized carbons (Fsp3) is 0.625. The minimum absolute atomic E-state index is 0.241. The summed E-state index contributed by atoms with van der Waals surface area (Å²) in [7, 11) is 0. The van der Waals surface area contributed by atoms with Crippen LogP contribution in [0.3, 0.4) is 0 Å². The maximum atomic E-state index is 11.6. The van der Waals surface area contributed by atoms with E-state index < -0.39 is 0 Å². The summed E-state index contributed by atoms with van der Waals surface area (Å²) in [6, 6.07) is 0. The van der Waals surface area contributed by atoms with Crippen molar-refractivity contribution in [2.75, 3.05) is 52.8 Å². The molecule has 0 aromatic carbocycles. The molecule has 0 bridgehead atoms. The number of ether oxygens (including phenoxy) is 4. The van der Waals surface area contributed by atoms with E-state index in [0.717, 1.165) is 6.42 Å². The highest BCUT2D eigenvalue weighted by Crippen LogP contribution is 2.10. The minimum Gasteiger partial charge on any atom is -0.444 e. The number of nitrogens with zero attached hydrogens (tertiary/aromatic N) is 1. The maximum absolute atomic E-state index is 11.6. The van der Waals surface area contributed by atoms with Gasteiger partial charge in [-0.3, -0.25) is 14.5 Å². The molecule has 7 heteroatoms. The van der Waals surface area contributed by atoms with E-state index in [9.17, 15) is 9.59 Å². The zero-order valence-corrected chi connectivity index (χ0v) is 13.4. The summed E-state index contributed by atoms with van der Waals surface area (Å²) in [4.78, 5) is 24.3. The molecular weight excluding hydrogens is 302 g/mol. The fourth-order valence-electron chi connectivity index (χ4n) is 1.85. The Kier molecular flexibility index (Phi) is 9.71. The zero-order valence-electron chi connectivity index (χ0n) is 13.4. The van der Waals surface area contributed by atoms with Crippen LogP contribution in [0.2, 0.25) is 0 Å². The van der Waals surface area contributed by atoms with Crippen LogP contribution in [0.1, 0.15) is 13.3 Å². The lowest BCUT2D eigenvalue weighted by molar-refractivity contribution is -0.138. The molecule has 0 N–H and O–H groups in total. The average Bonchev–Trinajstić information content (AvgIpc) is 2.77. The Labute approximate surface area is 136 Å². The van der Waals surface area contributed by atoms with Gasteiger partial charge in [0.25, 0.3) is 11.8 Å². The molecule has 0 radical (unpaired) electrons. The van der Waals surface area contributed by atoms with E-state index >= 15 is 0 Å². The number of carbonyl (C=O) groups excluding carboxylic acids is 2. The van der Waals surface area contributed by atoms with Gasteiger partial charge in [0.05, 0.1) is 33.0 Å². The van der Waals surface area contributed by atoms with Crippen molar-refractivity contribution < 1.29 is 28.5 Å². The van der Waals surface area contributed by atoms with Gasteiger partial charge in [-0.15, -0.1) is 0 Å². The lowest BCUT2D eigenvalue weighted by Crippen LogP contribution is -2.34. The highest BCUT2D eigenvalue weighted by atomic mass is 16.5. The smallest absolute Gasteiger partial charge is 0.256 e. The Morgan fingerprint density at radius 2 is 1.61 bits per heavy atom. The van der Waals surface area contributed by atoms with E-state index in [1.165, 1.54) is 11.0 Å². The van der Waals surface area contributed by atoms with Crippen LogP contribution in [-0.4, -0.2) is 69.5 Å². The van der Waals surface area contributed by atoms with E-state index in [1.54, 1.807) is 6.92 Å². The van der Waals surface area contributed by atoms with Gasteiger partial charge < -0.3 is 18.9 Å². The van der Waals surface area contributed by atoms with Gasteiger partial charge in [-0.1, -0.05) is 6.42 Å². The van der Waals surface area contributed by atoms with E-state index in [2.05, 4.69) is 10.8 Å². The number of terminal acetylenes is 1. The molecule has 0 atom stereocenters. The Hall–Kier alpha value is -1.88. The van der Waals surface area contributed by atoms with Crippen LogP contribution < -0.4 is 0 Å². The first-order chi connectivity index (χ1) is 11.2. The van der Waals surface area contributed by atoms with Gasteiger partial charge in [0.1, 0.15) is 12.7 Å². The summed E-state index contributed by atoms with van der Waals surface area (Å²) in [6.45, 7) is 5.12. The summed E-state index contributed by atoms with van der Waals surface area (Å²) < 4.78 is 20.6. The van der Waals surface area contributed by atoms with Crippen molar-refractivity contribution in [1.82, 2.24) is 4.90 Å². The Balaban J connectivity index is 1.85. The quantitative estimate of drug-likeness (QED) is 0.276. The zero-order chi connectivity index (χ0) is 16.9. The molecule has 2 amide bonds. The first kappa shape index (κ1) is 19.2. The lowest BCUT2D eigenvalue weighted by atomic mass is 10.3. The molecule has 1 heterocycles. The topological polar surface area (TPSA) is 74.3 Å². The average molecular weight is 325 g/mol. The van der Waals surface area contributed by atoms with Gasteiger partial charge in [-0.2, -0.15) is 0 Å². The molecular formula is C16H23NO6. The summed E-state index contributed by atoms with van der Waals surface area (Å²) in [5.74, 6) is -0.512. The van der Waals surface area contributed by atoms with E-state index in [-0.39, 0.29) is 18.4 Å². The Morgan fingerprint density at radius 1 is 1.00 bits per heavy atom. The number of amides is 2. The minimum atomic E-state index is -0.271. The summed E-state index contributed by atoms with van der Waals surface area (Å²) in [6.07, 6.45) is 9.05. The van der Waals surface area contributed by atoms with Gasteiger partial charge in [0, 0.05) is 24.9 Å². The van der Waals surface area contributed by atoms with Crippen molar-refractivity contribution in [2.24, 2.45) is 0 Å². The first-order valence-electron chi connectivity index (χ1n) is 7.51. The van der Waals surface area contributed by atoms with Crippen molar-refractivity contribution in [3.63, 3.8) is 0 Å². The molecule has 1 rings (SSSR count). The van der Waals surface area contributed by atoms with E-state index in [4.69, 9.17) is 20.6 Å². The first-order valence-corrected chi connectivity index (χ1v) is 7.51. The molecule has 1 aliphatic heterocycles. The van der Waals surface area contributed by atoms with Crippen molar-refractivity contribution in [3.05, 3.63) is 11.6 Å². The van der Waals surface area contributed by atoms with Crippen molar-refractivity contribution in [1.29, 1.82) is 0 Å². The van der Waals surface area contributed by atoms with Gasteiger partial charge in [-0.25, -0.2) is 0 Å². The second-order valence-corrected chi connectivity index (χ2v) is 4.78. The molecule has 0 aliphatic carbocycles. The molecule has 23 heavy (non-hydrogen) atoms. The third-order valence-electron chi connectivity index (χ3n) is 3.01. The van der Waals surface area contributed by atoms with Gasteiger partial charge in [0.2, 0.25) is 0 Å².